The van der Waals surface area contributed by atoms with E-state index < -0.39 is 5.97 Å². The molecule has 14 heavy (non-hydrogen) atoms. The fraction of sp³-hybridized carbons (Fsp3) is 0.400. The molecule has 0 N–H and O–H groups in total. The van der Waals surface area contributed by atoms with Gasteiger partial charge in [0, 0.05) is 6.20 Å². The number of carbonyl (C=O) groups excluding carboxylic acids is 1. The van der Waals surface area contributed by atoms with Crippen LogP contribution >= 0.6 is 0 Å². The molecule has 0 unspecified atom stereocenters. The summed E-state index contributed by atoms with van der Waals surface area (Å²) in [5.74, 6) is 0.0393. The van der Waals surface area contributed by atoms with Crippen molar-refractivity contribution in [3.63, 3.8) is 0 Å². The highest BCUT2D eigenvalue weighted by atomic mass is 16.5. The lowest BCUT2D eigenvalue weighted by atomic mass is 10.2. The Morgan fingerprint density at radius 1 is 1.50 bits per heavy atom. The Kier molecular flexibility index (Phi) is 3.45. The largest absolute Gasteiger partial charge is 0.488 e. The van der Waals surface area contributed by atoms with E-state index >= 15 is 0 Å². The molecule has 0 aliphatic carbocycles. The standard InChI is InChI=1S/C10H13NO3/c1-7(2)14-9-6-11-5-4-8(9)10(12)13-3/h4-7H,1-3H3. The minimum Gasteiger partial charge on any atom is -0.488 e. The quantitative estimate of drug-likeness (QED) is 0.688. The second-order valence-corrected chi connectivity index (χ2v) is 3.03. The van der Waals surface area contributed by atoms with Crippen molar-refractivity contribution in [1.29, 1.82) is 0 Å². The smallest absolute Gasteiger partial charge is 0.341 e. The molecule has 0 fully saturated rings. The van der Waals surface area contributed by atoms with E-state index in [-0.39, 0.29) is 6.10 Å². The minimum absolute atomic E-state index is 0.00241. The number of rotatable bonds is 3. The summed E-state index contributed by atoms with van der Waals surface area (Å²) >= 11 is 0. The summed E-state index contributed by atoms with van der Waals surface area (Å²) in [6, 6.07) is 1.57. The summed E-state index contributed by atoms with van der Waals surface area (Å²) in [7, 11) is 1.34. The highest BCUT2D eigenvalue weighted by Crippen LogP contribution is 2.18. The van der Waals surface area contributed by atoms with Gasteiger partial charge in [0.2, 0.25) is 0 Å². The summed E-state index contributed by atoms with van der Waals surface area (Å²) in [4.78, 5) is 15.2. The van der Waals surface area contributed by atoms with Crippen molar-refractivity contribution in [2.45, 2.75) is 20.0 Å². The Morgan fingerprint density at radius 2 is 2.21 bits per heavy atom. The van der Waals surface area contributed by atoms with Gasteiger partial charge in [-0.05, 0) is 19.9 Å². The molecule has 0 amide bonds. The average Bonchev–Trinajstić information content (AvgIpc) is 2.16. The van der Waals surface area contributed by atoms with Crippen molar-refractivity contribution in [2.24, 2.45) is 0 Å². The average molecular weight is 195 g/mol. The van der Waals surface area contributed by atoms with Crippen LogP contribution in [0.15, 0.2) is 18.5 Å². The Balaban J connectivity index is 2.97. The molecule has 0 radical (unpaired) electrons. The number of aromatic nitrogens is 1. The van der Waals surface area contributed by atoms with Gasteiger partial charge < -0.3 is 9.47 Å². The van der Waals surface area contributed by atoms with Gasteiger partial charge in [-0.3, -0.25) is 4.98 Å². The second kappa shape index (κ2) is 4.60. The second-order valence-electron chi connectivity index (χ2n) is 3.03. The third kappa shape index (κ3) is 2.45. The van der Waals surface area contributed by atoms with E-state index in [0.717, 1.165) is 0 Å². The van der Waals surface area contributed by atoms with Crippen LogP contribution in [0, 0.1) is 0 Å². The molecule has 1 aromatic heterocycles. The molecule has 0 spiro atoms. The molecule has 1 heterocycles. The number of pyridine rings is 1. The van der Waals surface area contributed by atoms with Gasteiger partial charge in [0.25, 0.3) is 0 Å². The molecule has 0 aromatic carbocycles. The van der Waals surface area contributed by atoms with Crippen molar-refractivity contribution in [3.05, 3.63) is 24.0 Å². The summed E-state index contributed by atoms with van der Waals surface area (Å²) in [5, 5.41) is 0. The van der Waals surface area contributed by atoms with Crippen molar-refractivity contribution >= 4 is 5.97 Å². The fourth-order valence-electron chi connectivity index (χ4n) is 1.01. The highest BCUT2D eigenvalue weighted by molar-refractivity contribution is 5.92. The summed E-state index contributed by atoms with van der Waals surface area (Å²) < 4.78 is 10.0. The maximum atomic E-state index is 11.3. The Labute approximate surface area is 82.9 Å². The van der Waals surface area contributed by atoms with Crippen LogP contribution in [0.2, 0.25) is 0 Å². The molecular weight excluding hydrogens is 182 g/mol. The first-order valence-electron chi connectivity index (χ1n) is 4.34. The van der Waals surface area contributed by atoms with E-state index in [1.54, 1.807) is 6.07 Å². The predicted molar refractivity (Wildman–Crippen MR) is 51.3 cm³/mol. The Hall–Kier alpha value is -1.58. The van der Waals surface area contributed by atoms with Gasteiger partial charge in [-0.1, -0.05) is 0 Å². The summed E-state index contributed by atoms with van der Waals surface area (Å²) in [5.41, 5.74) is 0.399. The first-order chi connectivity index (χ1) is 6.65. The number of hydrogen-bond donors (Lipinski definition) is 0. The van der Waals surface area contributed by atoms with E-state index in [1.807, 2.05) is 13.8 Å². The van der Waals surface area contributed by atoms with Gasteiger partial charge in [-0.15, -0.1) is 0 Å². The third-order valence-corrected chi connectivity index (χ3v) is 1.55. The summed E-state index contributed by atoms with van der Waals surface area (Å²) in [6.07, 6.45) is 3.04. The fourth-order valence-corrected chi connectivity index (χ4v) is 1.01. The topological polar surface area (TPSA) is 48.4 Å². The van der Waals surface area contributed by atoms with Crippen LogP contribution in [-0.4, -0.2) is 24.2 Å². The van der Waals surface area contributed by atoms with Gasteiger partial charge >= 0.3 is 5.97 Å². The molecule has 4 heteroatoms. The van der Waals surface area contributed by atoms with Crippen molar-refractivity contribution in [1.82, 2.24) is 4.98 Å². The van der Waals surface area contributed by atoms with Crippen LogP contribution in [0.25, 0.3) is 0 Å². The van der Waals surface area contributed by atoms with Crippen molar-refractivity contribution < 1.29 is 14.3 Å². The van der Waals surface area contributed by atoms with Crippen LogP contribution in [0.5, 0.6) is 5.75 Å². The highest BCUT2D eigenvalue weighted by Gasteiger charge is 2.13. The Bertz CT molecular complexity index is 323. The normalized spacial score (nSPS) is 10.0. The van der Waals surface area contributed by atoms with E-state index in [2.05, 4.69) is 9.72 Å². The lowest BCUT2D eigenvalue weighted by Gasteiger charge is -2.11. The monoisotopic (exact) mass is 195 g/mol. The van der Waals surface area contributed by atoms with E-state index in [0.29, 0.717) is 11.3 Å². The third-order valence-electron chi connectivity index (χ3n) is 1.55. The zero-order valence-corrected chi connectivity index (χ0v) is 8.48. The molecule has 4 nitrogen and oxygen atoms in total. The van der Waals surface area contributed by atoms with E-state index in [4.69, 9.17) is 4.74 Å². The number of nitrogens with zero attached hydrogens (tertiary/aromatic N) is 1. The molecule has 1 aromatic rings. The van der Waals surface area contributed by atoms with Gasteiger partial charge in [0.15, 0.2) is 5.75 Å². The summed E-state index contributed by atoms with van der Waals surface area (Å²) in [6.45, 7) is 3.77. The minimum atomic E-state index is -0.414. The zero-order valence-electron chi connectivity index (χ0n) is 8.48. The maximum Gasteiger partial charge on any atom is 0.341 e. The number of carbonyl (C=O) groups is 1. The van der Waals surface area contributed by atoms with Crippen LogP contribution in [0.3, 0.4) is 0 Å². The molecule has 0 aliphatic rings. The van der Waals surface area contributed by atoms with Crippen molar-refractivity contribution in [2.75, 3.05) is 7.11 Å². The molecule has 0 atom stereocenters. The number of methoxy groups -OCH3 is 1. The van der Waals surface area contributed by atoms with E-state index in [1.165, 1.54) is 19.5 Å². The van der Waals surface area contributed by atoms with Gasteiger partial charge in [0.05, 0.1) is 19.4 Å². The number of esters is 1. The molecule has 1 rings (SSSR count). The van der Waals surface area contributed by atoms with Crippen LogP contribution in [0.4, 0.5) is 0 Å². The molecule has 0 saturated heterocycles. The lowest BCUT2D eigenvalue weighted by Crippen LogP contribution is -2.11. The first kappa shape index (κ1) is 10.5. The van der Waals surface area contributed by atoms with Gasteiger partial charge in [0.1, 0.15) is 5.56 Å². The van der Waals surface area contributed by atoms with Crippen LogP contribution < -0.4 is 4.74 Å². The zero-order chi connectivity index (χ0) is 10.6. The first-order valence-corrected chi connectivity index (χ1v) is 4.34. The number of hydrogen-bond acceptors (Lipinski definition) is 4. The van der Waals surface area contributed by atoms with Crippen LogP contribution in [0.1, 0.15) is 24.2 Å². The van der Waals surface area contributed by atoms with Gasteiger partial charge in [-0.25, -0.2) is 4.79 Å². The van der Waals surface area contributed by atoms with Crippen LogP contribution in [-0.2, 0) is 4.74 Å². The molecule has 0 saturated carbocycles. The Morgan fingerprint density at radius 3 is 2.79 bits per heavy atom. The number of ether oxygens (including phenoxy) is 2. The molecular formula is C10H13NO3. The lowest BCUT2D eigenvalue weighted by molar-refractivity contribution is 0.0594. The SMILES string of the molecule is COC(=O)c1ccncc1OC(C)C. The molecule has 0 aliphatic heterocycles. The molecule has 0 bridgehead atoms. The van der Waals surface area contributed by atoms with E-state index in [9.17, 15) is 4.79 Å². The van der Waals surface area contributed by atoms with Crippen molar-refractivity contribution in [3.8, 4) is 5.75 Å². The maximum absolute atomic E-state index is 11.3. The van der Waals surface area contributed by atoms with Gasteiger partial charge in [-0.2, -0.15) is 0 Å². The predicted octanol–water partition coefficient (Wildman–Crippen LogP) is 1.66. The molecule has 76 valence electrons.